The van der Waals surface area contributed by atoms with Crippen molar-refractivity contribution in [2.75, 3.05) is 13.2 Å². The molecule has 3 saturated carbocycles. The molecule has 8 aliphatic rings. The van der Waals surface area contributed by atoms with Gasteiger partial charge in [0.2, 0.25) is 6.29 Å². The average Bonchev–Trinajstić information content (AvgIpc) is 3.51. The normalized spacial score (nSPS) is 42.2. The Morgan fingerprint density at radius 3 is 1.76 bits per heavy atom. The van der Waals surface area contributed by atoms with Crippen LogP contribution in [0.4, 0.5) is 0 Å². The predicted octanol–water partition coefficient (Wildman–Crippen LogP) is 4.64. The molecule has 1 N–H and O–H groups in total. The fraction of sp³-hybridized carbons (Fsp3) is 0.811. The third-order valence-electron chi connectivity index (χ3n) is 12.0. The van der Waals surface area contributed by atoms with E-state index in [1.54, 1.807) is 24.3 Å². The van der Waals surface area contributed by atoms with E-state index in [2.05, 4.69) is 0 Å². The molecule has 5 aliphatic heterocycles. The summed E-state index contributed by atoms with van der Waals surface area (Å²) in [5, 5.41) is 11.9. The summed E-state index contributed by atoms with van der Waals surface area (Å²) in [6, 6.07) is 8.69. The third kappa shape index (κ3) is 6.28. The second-order valence-corrected chi connectivity index (χ2v) is 15.3. The quantitative estimate of drug-likeness (QED) is 0.444. The topological polar surface area (TPSA) is 130 Å². The Kier molecular flexibility index (Phi) is 9.04. The highest BCUT2D eigenvalue weighted by Gasteiger charge is 2.63. The highest BCUT2D eigenvalue weighted by atomic mass is 16.8. The minimum Gasteiger partial charge on any atom is -0.450 e. The number of aliphatic hydroxyl groups excluding tert-OH is 1. The molecule has 5 saturated heterocycles. The van der Waals surface area contributed by atoms with E-state index in [-0.39, 0.29) is 6.61 Å². The molecule has 0 amide bonds. The van der Waals surface area contributed by atoms with E-state index in [9.17, 15) is 9.90 Å². The Balaban J connectivity index is 0.991. The van der Waals surface area contributed by atoms with Crippen LogP contribution in [0.25, 0.3) is 0 Å². The van der Waals surface area contributed by atoms with Gasteiger partial charge in [0.1, 0.15) is 42.7 Å². The first kappa shape index (κ1) is 33.1. The zero-order chi connectivity index (χ0) is 33.1. The number of hydrogen-bond acceptors (Lipinski definition) is 12. The Bertz CT molecular complexity index is 1310. The summed E-state index contributed by atoms with van der Waals surface area (Å²) in [6.07, 6.45) is 6.22. The fourth-order valence-electron chi connectivity index (χ4n) is 9.42. The number of benzene rings is 1. The summed E-state index contributed by atoms with van der Waals surface area (Å²) < 4.78 is 65.5. The van der Waals surface area contributed by atoms with Gasteiger partial charge in [0.25, 0.3) is 0 Å². The largest absolute Gasteiger partial charge is 0.450 e. The zero-order valence-corrected chi connectivity index (χ0v) is 28.1. The first-order valence-electron chi connectivity index (χ1n) is 18.8. The molecule has 12 nitrogen and oxygen atoms in total. The van der Waals surface area contributed by atoms with E-state index in [0.717, 1.165) is 89.9 Å². The van der Waals surface area contributed by atoms with Crippen LogP contribution in [0.15, 0.2) is 30.3 Å². The van der Waals surface area contributed by atoms with E-state index in [4.69, 9.17) is 47.4 Å². The first-order chi connectivity index (χ1) is 23.9. The molecule has 12 heteroatoms. The van der Waals surface area contributed by atoms with Crippen LogP contribution in [0.1, 0.15) is 107 Å². The van der Waals surface area contributed by atoms with Crippen molar-refractivity contribution in [2.45, 2.75) is 175 Å². The molecule has 6 unspecified atom stereocenters. The van der Waals surface area contributed by atoms with Crippen molar-refractivity contribution in [3.8, 4) is 0 Å². The molecule has 3 aliphatic carbocycles. The van der Waals surface area contributed by atoms with Crippen molar-refractivity contribution in [3.05, 3.63) is 35.9 Å². The molecule has 0 aromatic heterocycles. The van der Waals surface area contributed by atoms with E-state index in [1.807, 2.05) is 6.07 Å². The lowest BCUT2D eigenvalue weighted by atomic mass is 9.90. The molecule has 1 aromatic carbocycles. The first-order valence-corrected chi connectivity index (χ1v) is 18.8. The molecule has 5 heterocycles. The summed E-state index contributed by atoms with van der Waals surface area (Å²) in [7, 11) is 0. The van der Waals surface area contributed by atoms with E-state index >= 15 is 0 Å². The van der Waals surface area contributed by atoms with E-state index in [0.29, 0.717) is 12.2 Å². The van der Waals surface area contributed by atoms with E-state index in [1.165, 1.54) is 6.42 Å². The Morgan fingerprint density at radius 1 is 0.612 bits per heavy atom. The molecule has 10 atom stereocenters. The maximum atomic E-state index is 13.5. The lowest BCUT2D eigenvalue weighted by Gasteiger charge is -2.53. The molecule has 3 spiro atoms. The van der Waals surface area contributed by atoms with Gasteiger partial charge in [-0.3, -0.25) is 0 Å². The molecular formula is C37H50O12. The van der Waals surface area contributed by atoms with Gasteiger partial charge in [-0.05, 0) is 50.7 Å². The summed E-state index contributed by atoms with van der Waals surface area (Å²) in [5.74, 6) is -2.76. The minimum atomic E-state index is -1.25. The summed E-state index contributed by atoms with van der Waals surface area (Å²) in [5.41, 5.74) is 0.351. The van der Waals surface area contributed by atoms with Crippen LogP contribution < -0.4 is 0 Å². The van der Waals surface area contributed by atoms with Crippen molar-refractivity contribution in [2.24, 2.45) is 0 Å². The predicted molar refractivity (Wildman–Crippen MR) is 169 cm³/mol. The second-order valence-electron chi connectivity index (χ2n) is 15.3. The number of ether oxygens (including phenoxy) is 10. The van der Waals surface area contributed by atoms with Gasteiger partial charge in [0.05, 0.1) is 18.8 Å². The van der Waals surface area contributed by atoms with Gasteiger partial charge in [-0.15, -0.1) is 0 Å². The number of esters is 1. The molecule has 49 heavy (non-hydrogen) atoms. The van der Waals surface area contributed by atoms with Crippen LogP contribution in [-0.4, -0.2) is 103 Å². The van der Waals surface area contributed by atoms with Crippen molar-refractivity contribution in [1.29, 1.82) is 0 Å². The Labute approximate surface area is 287 Å². The van der Waals surface area contributed by atoms with Crippen LogP contribution >= 0.6 is 0 Å². The number of fused-ring (bicyclic) bond motifs is 4. The monoisotopic (exact) mass is 686 g/mol. The van der Waals surface area contributed by atoms with Gasteiger partial charge in [-0.25, -0.2) is 4.79 Å². The highest BCUT2D eigenvalue weighted by molar-refractivity contribution is 5.89. The van der Waals surface area contributed by atoms with Gasteiger partial charge in [-0.1, -0.05) is 37.5 Å². The molecule has 270 valence electrons. The fourth-order valence-corrected chi connectivity index (χ4v) is 9.42. The van der Waals surface area contributed by atoms with Crippen LogP contribution in [0.5, 0.6) is 0 Å². The van der Waals surface area contributed by atoms with Crippen molar-refractivity contribution < 1.29 is 57.3 Å². The summed E-state index contributed by atoms with van der Waals surface area (Å²) in [6.45, 7) is 0.550. The highest BCUT2D eigenvalue weighted by Crippen LogP contribution is 2.50. The molecular weight excluding hydrogens is 636 g/mol. The molecule has 0 radical (unpaired) electrons. The van der Waals surface area contributed by atoms with Gasteiger partial charge in [0, 0.05) is 38.5 Å². The van der Waals surface area contributed by atoms with Gasteiger partial charge < -0.3 is 52.5 Å². The van der Waals surface area contributed by atoms with Crippen molar-refractivity contribution >= 4 is 5.97 Å². The zero-order valence-electron chi connectivity index (χ0n) is 28.1. The number of hydrogen-bond donors (Lipinski definition) is 1. The SMILES string of the molecule is O=C(OC1C(O)[C@@H]2OC3(CCCCC3)OCC2O[C@@H]1O[C@H]1OC2COC3(CCCCC3)O[C@H]2C2OC3(CCCCC3)OC21)c1ccccc1. The van der Waals surface area contributed by atoms with Gasteiger partial charge >= 0.3 is 5.97 Å². The molecule has 8 fully saturated rings. The van der Waals surface area contributed by atoms with E-state index < -0.39 is 84.7 Å². The van der Waals surface area contributed by atoms with Crippen molar-refractivity contribution in [3.63, 3.8) is 0 Å². The smallest absolute Gasteiger partial charge is 0.338 e. The third-order valence-corrected chi connectivity index (χ3v) is 12.0. The molecule has 1 aromatic rings. The van der Waals surface area contributed by atoms with Crippen LogP contribution in [0, 0.1) is 0 Å². The van der Waals surface area contributed by atoms with Crippen LogP contribution in [0.3, 0.4) is 0 Å². The number of carbonyl (C=O) groups excluding carboxylic acids is 1. The summed E-state index contributed by atoms with van der Waals surface area (Å²) in [4.78, 5) is 13.5. The number of rotatable bonds is 4. The summed E-state index contributed by atoms with van der Waals surface area (Å²) >= 11 is 0. The Hall–Kier alpha value is -1.71. The van der Waals surface area contributed by atoms with Crippen molar-refractivity contribution in [1.82, 2.24) is 0 Å². The van der Waals surface area contributed by atoms with Gasteiger partial charge in [-0.2, -0.15) is 0 Å². The minimum absolute atomic E-state index is 0.218. The molecule has 0 bridgehead atoms. The molecule has 9 rings (SSSR count). The second kappa shape index (κ2) is 13.4. The maximum Gasteiger partial charge on any atom is 0.338 e. The Morgan fingerprint density at radius 2 is 1.12 bits per heavy atom. The average molecular weight is 687 g/mol. The lowest BCUT2D eigenvalue weighted by molar-refractivity contribution is -0.426. The number of aliphatic hydroxyl groups is 1. The standard InChI is InChI=1S/C37H50O12/c38-26-27-24(21-40-35(46-27)15-7-2-8-16-35)42-33(29(26)44-32(39)23-13-5-1-6-14-23)45-34-31-30(48-37(49-31)19-11-4-12-20-37)28-25(43-34)22-41-36(47-28)17-9-3-10-18-36/h1,5-6,13-14,24-31,33-34,38H,2-4,7-12,15-22H2/t24?,25?,26?,27-,28-,29?,30?,31?,33-,34-/m1/s1. The van der Waals surface area contributed by atoms with Gasteiger partial charge in [0.15, 0.2) is 29.8 Å². The number of carbonyl (C=O) groups is 1. The lowest BCUT2D eigenvalue weighted by Crippen LogP contribution is -2.68. The van der Waals surface area contributed by atoms with Crippen LogP contribution in [-0.2, 0) is 47.4 Å². The van der Waals surface area contributed by atoms with Crippen LogP contribution in [0.2, 0.25) is 0 Å². The maximum absolute atomic E-state index is 13.5.